The average Bonchev–Trinajstić information content (AvgIpc) is 1.97. The number of rotatable bonds is 3. The van der Waals surface area contributed by atoms with E-state index in [-0.39, 0.29) is 5.97 Å². The summed E-state index contributed by atoms with van der Waals surface area (Å²) in [5.41, 5.74) is 1.21. The monoisotopic (exact) mass is 154 g/mol. The third kappa shape index (κ3) is 6.84. The normalized spacial score (nSPS) is 9.73. The number of allylic oxidation sites excluding steroid dienone is 3. The van der Waals surface area contributed by atoms with Gasteiger partial charge in [0.15, 0.2) is 0 Å². The fourth-order valence-electron chi connectivity index (χ4n) is 0.508. The number of esters is 1. The molecular weight excluding hydrogens is 140 g/mol. The van der Waals surface area contributed by atoms with E-state index in [1.165, 1.54) is 12.7 Å². The van der Waals surface area contributed by atoms with Gasteiger partial charge in [-0.15, -0.1) is 0 Å². The third-order valence-electron chi connectivity index (χ3n) is 1.08. The predicted molar refractivity (Wildman–Crippen MR) is 45.2 cm³/mol. The number of methoxy groups -OCH3 is 1. The zero-order valence-electron chi connectivity index (χ0n) is 7.26. The Labute approximate surface area is 67.6 Å². The van der Waals surface area contributed by atoms with Crippen LogP contribution in [0.3, 0.4) is 0 Å². The van der Waals surface area contributed by atoms with Gasteiger partial charge in [-0.1, -0.05) is 23.8 Å². The van der Waals surface area contributed by atoms with Gasteiger partial charge < -0.3 is 4.74 Å². The first kappa shape index (κ1) is 9.95. The van der Waals surface area contributed by atoms with Crippen molar-refractivity contribution in [3.63, 3.8) is 0 Å². The highest BCUT2D eigenvalue weighted by Crippen LogP contribution is 1.91. The molecule has 0 atom stereocenters. The number of ether oxygens (including phenoxy) is 1. The molecule has 0 fully saturated rings. The predicted octanol–water partition coefficient (Wildman–Crippen LogP) is 2.07. The second-order valence-electron chi connectivity index (χ2n) is 2.45. The quantitative estimate of drug-likeness (QED) is 0.459. The molecule has 0 unspecified atom stereocenters. The fraction of sp³-hybridized carbons (Fsp3) is 0.444. The maximum Gasteiger partial charge on any atom is 0.309 e. The molecule has 0 saturated heterocycles. The molecule has 0 saturated carbocycles. The lowest BCUT2D eigenvalue weighted by atomic mass is 10.3. The average molecular weight is 154 g/mol. The van der Waals surface area contributed by atoms with Crippen molar-refractivity contribution < 1.29 is 9.53 Å². The topological polar surface area (TPSA) is 26.3 Å². The summed E-state index contributed by atoms with van der Waals surface area (Å²) in [6.07, 6.45) is 5.92. The van der Waals surface area contributed by atoms with Gasteiger partial charge in [0, 0.05) is 0 Å². The summed E-state index contributed by atoms with van der Waals surface area (Å²) in [6.45, 7) is 4.00. The second kappa shape index (κ2) is 5.71. The Morgan fingerprint density at radius 3 is 2.55 bits per heavy atom. The minimum absolute atomic E-state index is 0.205. The summed E-state index contributed by atoms with van der Waals surface area (Å²) in [7, 11) is 1.39. The largest absolute Gasteiger partial charge is 0.469 e. The summed E-state index contributed by atoms with van der Waals surface area (Å²) in [5, 5.41) is 0. The molecule has 0 aromatic carbocycles. The van der Waals surface area contributed by atoms with Crippen LogP contribution in [0.1, 0.15) is 20.3 Å². The first-order valence-electron chi connectivity index (χ1n) is 3.53. The first-order valence-corrected chi connectivity index (χ1v) is 3.53. The fourth-order valence-corrected chi connectivity index (χ4v) is 0.508. The minimum atomic E-state index is -0.205. The maximum atomic E-state index is 10.6. The van der Waals surface area contributed by atoms with E-state index in [0.717, 1.165) is 0 Å². The van der Waals surface area contributed by atoms with Gasteiger partial charge >= 0.3 is 5.97 Å². The van der Waals surface area contributed by atoms with E-state index in [0.29, 0.717) is 6.42 Å². The smallest absolute Gasteiger partial charge is 0.309 e. The van der Waals surface area contributed by atoms with E-state index < -0.39 is 0 Å². The van der Waals surface area contributed by atoms with Crippen molar-refractivity contribution in [2.45, 2.75) is 20.3 Å². The van der Waals surface area contributed by atoms with E-state index >= 15 is 0 Å². The van der Waals surface area contributed by atoms with Crippen LogP contribution in [0, 0.1) is 0 Å². The van der Waals surface area contributed by atoms with Gasteiger partial charge in [0.05, 0.1) is 13.5 Å². The molecule has 11 heavy (non-hydrogen) atoms. The molecule has 0 N–H and O–H groups in total. The standard InChI is InChI=1S/C9H14O2/c1-8(2)6-4-5-7-9(10)11-3/h4-6H,7H2,1-3H3/b5-4-. The summed E-state index contributed by atoms with van der Waals surface area (Å²) < 4.78 is 4.45. The molecule has 62 valence electrons. The molecule has 0 heterocycles. The first-order chi connectivity index (χ1) is 5.16. The highest BCUT2D eigenvalue weighted by Gasteiger charge is 1.91. The van der Waals surface area contributed by atoms with Crippen molar-refractivity contribution >= 4 is 5.97 Å². The zero-order chi connectivity index (χ0) is 8.69. The number of hydrogen-bond donors (Lipinski definition) is 0. The van der Waals surface area contributed by atoms with Gasteiger partial charge in [-0.3, -0.25) is 4.79 Å². The lowest BCUT2D eigenvalue weighted by Crippen LogP contribution is -1.96. The van der Waals surface area contributed by atoms with Crippen LogP contribution in [-0.2, 0) is 9.53 Å². The Morgan fingerprint density at radius 2 is 2.09 bits per heavy atom. The Hall–Kier alpha value is -1.05. The van der Waals surface area contributed by atoms with Crippen LogP contribution in [0.4, 0.5) is 0 Å². The molecule has 0 bridgehead atoms. The molecule has 0 aliphatic heterocycles. The molecule has 0 radical (unpaired) electrons. The van der Waals surface area contributed by atoms with Crippen molar-refractivity contribution in [1.29, 1.82) is 0 Å². The van der Waals surface area contributed by atoms with Crippen LogP contribution in [0.2, 0.25) is 0 Å². The van der Waals surface area contributed by atoms with Crippen LogP contribution in [0.25, 0.3) is 0 Å². The SMILES string of the molecule is COC(=O)C/C=C\C=C(C)C. The molecule has 0 aromatic rings. The van der Waals surface area contributed by atoms with Gasteiger partial charge in [-0.2, -0.15) is 0 Å². The van der Waals surface area contributed by atoms with Crippen molar-refractivity contribution in [3.8, 4) is 0 Å². The van der Waals surface area contributed by atoms with Crippen LogP contribution in [0.5, 0.6) is 0 Å². The Morgan fingerprint density at radius 1 is 1.45 bits per heavy atom. The molecule has 0 amide bonds. The minimum Gasteiger partial charge on any atom is -0.469 e. The highest BCUT2D eigenvalue weighted by atomic mass is 16.5. The Balaban J connectivity index is 3.61. The van der Waals surface area contributed by atoms with Gasteiger partial charge in [0.2, 0.25) is 0 Å². The molecule has 2 heteroatoms. The molecule has 0 aliphatic rings. The molecular formula is C9H14O2. The number of hydrogen-bond acceptors (Lipinski definition) is 2. The lowest BCUT2D eigenvalue weighted by Gasteiger charge is -1.90. The van der Waals surface area contributed by atoms with E-state index in [9.17, 15) is 4.79 Å². The van der Waals surface area contributed by atoms with Crippen LogP contribution >= 0.6 is 0 Å². The zero-order valence-corrected chi connectivity index (χ0v) is 7.26. The number of carbonyl (C=O) groups is 1. The van der Waals surface area contributed by atoms with E-state index in [1.807, 2.05) is 26.0 Å². The summed E-state index contributed by atoms with van der Waals surface area (Å²) in [6, 6.07) is 0. The second-order valence-corrected chi connectivity index (χ2v) is 2.45. The summed E-state index contributed by atoms with van der Waals surface area (Å²) in [4.78, 5) is 10.6. The maximum absolute atomic E-state index is 10.6. The molecule has 0 spiro atoms. The van der Waals surface area contributed by atoms with Crippen LogP contribution < -0.4 is 0 Å². The van der Waals surface area contributed by atoms with E-state index in [4.69, 9.17) is 0 Å². The van der Waals surface area contributed by atoms with Crippen molar-refractivity contribution in [1.82, 2.24) is 0 Å². The highest BCUT2D eigenvalue weighted by molar-refractivity contribution is 5.70. The lowest BCUT2D eigenvalue weighted by molar-refractivity contribution is -0.139. The molecule has 0 rings (SSSR count). The third-order valence-corrected chi connectivity index (χ3v) is 1.08. The van der Waals surface area contributed by atoms with Gasteiger partial charge in [-0.05, 0) is 13.8 Å². The van der Waals surface area contributed by atoms with Crippen molar-refractivity contribution in [2.24, 2.45) is 0 Å². The van der Waals surface area contributed by atoms with E-state index in [1.54, 1.807) is 6.08 Å². The summed E-state index contributed by atoms with van der Waals surface area (Å²) in [5.74, 6) is -0.205. The summed E-state index contributed by atoms with van der Waals surface area (Å²) >= 11 is 0. The van der Waals surface area contributed by atoms with Crippen LogP contribution in [-0.4, -0.2) is 13.1 Å². The molecule has 0 aromatic heterocycles. The Kier molecular flexibility index (Phi) is 5.17. The van der Waals surface area contributed by atoms with Crippen molar-refractivity contribution in [3.05, 3.63) is 23.8 Å². The van der Waals surface area contributed by atoms with E-state index in [2.05, 4.69) is 4.74 Å². The Bertz CT molecular complexity index is 174. The van der Waals surface area contributed by atoms with Crippen LogP contribution in [0.15, 0.2) is 23.8 Å². The van der Waals surface area contributed by atoms with Gasteiger partial charge in [-0.25, -0.2) is 0 Å². The molecule has 0 aliphatic carbocycles. The van der Waals surface area contributed by atoms with Gasteiger partial charge in [0.1, 0.15) is 0 Å². The molecule has 2 nitrogen and oxygen atoms in total. The van der Waals surface area contributed by atoms with Crippen molar-refractivity contribution in [2.75, 3.05) is 7.11 Å². The van der Waals surface area contributed by atoms with Gasteiger partial charge in [0.25, 0.3) is 0 Å². The number of carbonyl (C=O) groups excluding carboxylic acids is 1.